The van der Waals surface area contributed by atoms with Gasteiger partial charge in [0, 0.05) is 17.3 Å². The summed E-state index contributed by atoms with van der Waals surface area (Å²) in [6.45, 7) is 2.04. The highest BCUT2D eigenvalue weighted by molar-refractivity contribution is 7.89. The van der Waals surface area contributed by atoms with Crippen molar-refractivity contribution in [3.63, 3.8) is 0 Å². The molecule has 0 bridgehead atoms. The summed E-state index contributed by atoms with van der Waals surface area (Å²) in [5.41, 5.74) is 5.82. The minimum Gasteiger partial charge on any atom is -0.240 e. The van der Waals surface area contributed by atoms with E-state index in [-0.39, 0.29) is 4.90 Å². The van der Waals surface area contributed by atoms with E-state index < -0.39 is 10.0 Å². The van der Waals surface area contributed by atoms with E-state index in [2.05, 4.69) is 0 Å². The van der Waals surface area contributed by atoms with Crippen LogP contribution in [-0.2, 0) is 10.0 Å². The fourth-order valence-corrected chi connectivity index (χ4v) is 3.52. The molecule has 2 aromatic carbocycles. The van der Waals surface area contributed by atoms with Gasteiger partial charge in [0.25, 0.3) is 0 Å². The van der Waals surface area contributed by atoms with E-state index in [1.54, 1.807) is 12.1 Å². The summed E-state index contributed by atoms with van der Waals surface area (Å²) >= 11 is 0. The Hall–Kier alpha value is -2.96. The van der Waals surface area contributed by atoms with E-state index in [0.29, 0.717) is 0 Å². The van der Waals surface area contributed by atoms with Crippen LogP contribution in [0.1, 0.15) is 5.56 Å². The molecule has 0 spiro atoms. The molecule has 0 amide bonds. The molecular formula is C20H17N3O2S. The molecule has 0 aliphatic rings. The number of aromatic nitrogens is 2. The maximum Gasteiger partial charge on any atom is 0.238 e. The normalized spacial score (nSPS) is 11.8. The Labute approximate surface area is 151 Å². The second-order valence-corrected chi connectivity index (χ2v) is 7.75. The monoisotopic (exact) mass is 363 g/mol. The van der Waals surface area contributed by atoms with Gasteiger partial charge in [-0.1, -0.05) is 48.0 Å². The molecule has 0 aliphatic heterocycles. The average molecular weight is 363 g/mol. The maximum atomic E-state index is 11.5. The van der Waals surface area contributed by atoms with E-state index >= 15 is 0 Å². The lowest BCUT2D eigenvalue weighted by Gasteiger charge is -2.06. The van der Waals surface area contributed by atoms with Crippen LogP contribution in [0.4, 0.5) is 0 Å². The Morgan fingerprint density at radius 3 is 2.19 bits per heavy atom. The molecule has 26 heavy (non-hydrogen) atoms. The summed E-state index contributed by atoms with van der Waals surface area (Å²) in [5.74, 6) is 0. The predicted octanol–water partition coefficient (Wildman–Crippen LogP) is 3.62. The van der Waals surface area contributed by atoms with Gasteiger partial charge in [0.05, 0.1) is 10.4 Å². The fourth-order valence-electron chi connectivity index (χ4n) is 3.01. The number of nitrogens with zero attached hydrogens (tertiary/aromatic N) is 2. The second-order valence-electron chi connectivity index (χ2n) is 6.19. The van der Waals surface area contributed by atoms with Crippen LogP contribution in [0.15, 0.2) is 77.8 Å². The van der Waals surface area contributed by atoms with Crippen molar-refractivity contribution in [3.05, 3.63) is 78.5 Å². The zero-order chi connectivity index (χ0) is 18.3. The number of hydrogen-bond donors (Lipinski definition) is 1. The van der Waals surface area contributed by atoms with Crippen molar-refractivity contribution < 1.29 is 8.42 Å². The van der Waals surface area contributed by atoms with Crippen molar-refractivity contribution in [2.45, 2.75) is 11.8 Å². The van der Waals surface area contributed by atoms with E-state index in [9.17, 15) is 8.42 Å². The van der Waals surface area contributed by atoms with Crippen molar-refractivity contribution in [2.24, 2.45) is 5.14 Å². The summed E-state index contributed by atoms with van der Waals surface area (Å²) in [6.07, 6.45) is 1.90. The molecule has 0 atom stereocenters. The van der Waals surface area contributed by atoms with Crippen molar-refractivity contribution in [2.75, 3.05) is 0 Å². The fraction of sp³-hybridized carbons (Fsp3) is 0.0500. The molecule has 4 aromatic rings. The molecule has 0 unspecified atom stereocenters. The molecule has 2 heterocycles. The molecule has 0 saturated carbocycles. The maximum absolute atomic E-state index is 11.5. The predicted molar refractivity (Wildman–Crippen MR) is 102 cm³/mol. The third kappa shape index (κ3) is 2.89. The van der Waals surface area contributed by atoms with Crippen LogP contribution in [0.2, 0.25) is 0 Å². The van der Waals surface area contributed by atoms with Gasteiger partial charge in [0.15, 0.2) is 0 Å². The summed E-state index contributed by atoms with van der Waals surface area (Å²) < 4.78 is 24.9. The number of benzene rings is 2. The molecule has 5 nitrogen and oxygen atoms in total. The number of pyridine rings is 1. The van der Waals surface area contributed by atoms with Crippen molar-refractivity contribution in [3.8, 4) is 22.4 Å². The molecule has 4 rings (SSSR count). The Morgan fingerprint density at radius 2 is 1.54 bits per heavy atom. The van der Waals surface area contributed by atoms with Crippen molar-refractivity contribution in [1.82, 2.24) is 9.61 Å². The number of fused-ring (bicyclic) bond motifs is 1. The minimum absolute atomic E-state index is 0.0922. The van der Waals surface area contributed by atoms with Gasteiger partial charge in [-0.2, -0.15) is 5.10 Å². The van der Waals surface area contributed by atoms with E-state index in [1.807, 2.05) is 60.1 Å². The molecule has 2 aromatic heterocycles. The third-order valence-electron chi connectivity index (χ3n) is 4.34. The summed E-state index contributed by atoms with van der Waals surface area (Å²) in [6, 6.07) is 20.6. The topological polar surface area (TPSA) is 77.5 Å². The SMILES string of the molecule is Cc1ccc(-c2nn3ccccc3c2-c2ccc(S(N)(=O)=O)cc2)cc1. The van der Waals surface area contributed by atoms with Crippen molar-refractivity contribution >= 4 is 15.5 Å². The molecule has 0 aliphatic carbocycles. The minimum atomic E-state index is -3.72. The number of rotatable bonds is 3. The Bertz CT molecular complexity index is 1190. The van der Waals surface area contributed by atoms with E-state index in [4.69, 9.17) is 10.2 Å². The zero-order valence-corrected chi connectivity index (χ0v) is 14.9. The molecular weight excluding hydrogens is 346 g/mol. The van der Waals surface area contributed by atoms with Crippen LogP contribution in [0.5, 0.6) is 0 Å². The van der Waals surface area contributed by atoms with Crippen LogP contribution >= 0.6 is 0 Å². The third-order valence-corrected chi connectivity index (χ3v) is 5.27. The molecule has 0 saturated heterocycles. The van der Waals surface area contributed by atoms with Crippen LogP contribution in [0.3, 0.4) is 0 Å². The number of aryl methyl sites for hydroxylation is 1. The van der Waals surface area contributed by atoms with Gasteiger partial charge in [-0.25, -0.2) is 18.1 Å². The standard InChI is InChI=1S/C20H17N3O2S/c1-14-5-7-16(8-6-14)20-19(18-4-2-3-13-23(18)22-20)15-9-11-17(12-10-15)26(21,24)25/h2-13H,1H3,(H2,21,24,25). The first kappa shape index (κ1) is 16.5. The van der Waals surface area contributed by atoms with Gasteiger partial charge < -0.3 is 0 Å². The van der Waals surface area contributed by atoms with Gasteiger partial charge in [0.1, 0.15) is 5.69 Å². The first-order valence-electron chi connectivity index (χ1n) is 8.11. The highest BCUT2D eigenvalue weighted by atomic mass is 32.2. The molecule has 0 radical (unpaired) electrons. The van der Waals surface area contributed by atoms with Crippen LogP contribution in [0.25, 0.3) is 27.9 Å². The first-order valence-corrected chi connectivity index (χ1v) is 9.66. The first-order chi connectivity index (χ1) is 12.4. The van der Waals surface area contributed by atoms with Crippen LogP contribution in [0, 0.1) is 6.92 Å². The summed E-state index contributed by atoms with van der Waals surface area (Å²) in [4.78, 5) is 0.0922. The zero-order valence-electron chi connectivity index (χ0n) is 14.1. The summed E-state index contributed by atoms with van der Waals surface area (Å²) in [5, 5.41) is 9.94. The lowest BCUT2D eigenvalue weighted by Crippen LogP contribution is -2.11. The van der Waals surface area contributed by atoms with Gasteiger partial charge >= 0.3 is 0 Å². The lowest BCUT2D eigenvalue weighted by molar-refractivity contribution is 0.598. The van der Waals surface area contributed by atoms with Gasteiger partial charge in [0.2, 0.25) is 10.0 Å². The molecule has 6 heteroatoms. The van der Waals surface area contributed by atoms with Crippen LogP contribution in [-0.4, -0.2) is 18.0 Å². The van der Waals surface area contributed by atoms with Crippen LogP contribution < -0.4 is 5.14 Å². The van der Waals surface area contributed by atoms with E-state index in [1.165, 1.54) is 17.7 Å². The van der Waals surface area contributed by atoms with E-state index in [0.717, 1.165) is 27.9 Å². The highest BCUT2D eigenvalue weighted by Gasteiger charge is 2.17. The largest absolute Gasteiger partial charge is 0.240 e. The number of primary sulfonamides is 1. The van der Waals surface area contributed by atoms with Gasteiger partial charge in [-0.05, 0) is 36.8 Å². The number of hydrogen-bond acceptors (Lipinski definition) is 3. The number of sulfonamides is 1. The Kier molecular flexibility index (Phi) is 3.86. The second kappa shape index (κ2) is 6.09. The quantitative estimate of drug-likeness (QED) is 0.604. The average Bonchev–Trinajstić information content (AvgIpc) is 3.01. The Morgan fingerprint density at radius 1 is 0.885 bits per heavy atom. The lowest BCUT2D eigenvalue weighted by atomic mass is 9.99. The van der Waals surface area contributed by atoms with Crippen molar-refractivity contribution in [1.29, 1.82) is 0 Å². The highest BCUT2D eigenvalue weighted by Crippen LogP contribution is 2.35. The molecule has 2 N–H and O–H groups in total. The van der Waals surface area contributed by atoms with Gasteiger partial charge in [-0.3, -0.25) is 0 Å². The van der Waals surface area contributed by atoms with Gasteiger partial charge in [-0.15, -0.1) is 0 Å². The summed E-state index contributed by atoms with van der Waals surface area (Å²) in [7, 11) is -3.72. The molecule has 0 fully saturated rings. The number of nitrogens with two attached hydrogens (primary N) is 1. The smallest absolute Gasteiger partial charge is 0.238 e. The molecule has 130 valence electrons. The Balaban J connectivity index is 1.96.